The molecule has 23 heavy (non-hydrogen) atoms. The molecule has 0 atom stereocenters. The van der Waals surface area contributed by atoms with E-state index in [4.69, 9.17) is 15.2 Å². The average Bonchev–Trinajstić information content (AvgIpc) is 3.05. The Balaban J connectivity index is 2.16. The van der Waals surface area contributed by atoms with Gasteiger partial charge in [0.05, 0.1) is 25.6 Å². The van der Waals surface area contributed by atoms with E-state index in [1.165, 1.54) is 0 Å². The summed E-state index contributed by atoms with van der Waals surface area (Å²) in [5.74, 6) is 1.27. The number of ether oxygens (including phenoxy) is 2. The summed E-state index contributed by atoms with van der Waals surface area (Å²) in [7, 11) is 3.19. The van der Waals surface area contributed by atoms with E-state index in [9.17, 15) is 0 Å². The lowest BCUT2D eigenvalue weighted by atomic mass is 10.1. The normalized spacial score (nSPS) is 10.6. The molecule has 2 N–H and O–H groups in total. The number of benzene rings is 1. The topological polar surface area (TPSA) is 88.1 Å². The van der Waals surface area contributed by atoms with Gasteiger partial charge in [-0.25, -0.2) is 4.68 Å². The fourth-order valence-electron chi connectivity index (χ4n) is 2.39. The van der Waals surface area contributed by atoms with Crippen LogP contribution in [0.25, 0.3) is 16.9 Å². The maximum Gasteiger partial charge on any atom is 0.162 e. The van der Waals surface area contributed by atoms with E-state index < -0.39 is 0 Å². The van der Waals surface area contributed by atoms with Crippen molar-refractivity contribution in [1.29, 1.82) is 0 Å². The van der Waals surface area contributed by atoms with Crippen LogP contribution in [0.15, 0.2) is 42.7 Å². The van der Waals surface area contributed by atoms with Gasteiger partial charge >= 0.3 is 0 Å². The van der Waals surface area contributed by atoms with E-state index in [1.54, 1.807) is 31.3 Å². The summed E-state index contributed by atoms with van der Waals surface area (Å²) in [5.41, 5.74) is 9.11. The van der Waals surface area contributed by atoms with E-state index in [1.807, 2.05) is 30.3 Å². The third-order valence-corrected chi connectivity index (χ3v) is 3.50. The molecular formula is C16H17N5O2. The van der Waals surface area contributed by atoms with Gasteiger partial charge in [0.15, 0.2) is 11.5 Å². The first-order valence-electron chi connectivity index (χ1n) is 7.06. The minimum Gasteiger partial charge on any atom is -0.493 e. The summed E-state index contributed by atoms with van der Waals surface area (Å²) in [4.78, 5) is 4.05. The third kappa shape index (κ3) is 2.74. The molecule has 0 bridgehead atoms. The Hall–Kier alpha value is -2.93. The molecule has 3 aromatic rings. The number of pyridine rings is 1. The van der Waals surface area contributed by atoms with E-state index in [0.29, 0.717) is 23.7 Å². The van der Waals surface area contributed by atoms with Crippen LogP contribution in [0.4, 0.5) is 0 Å². The molecule has 3 rings (SSSR count). The van der Waals surface area contributed by atoms with Crippen LogP contribution in [0, 0.1) is 0 Å². The van der Waals surface area contributed by atoms with Crippen molar-refractivity contribution in [2.45, 2.75) is 6.54 Å². The molecule has 2 aromatic heterocycles. The molecule has 0 aliphatic carbocycles. The van der Waals surface area contributed by atoms with Crippen molar-refractivity contribution in [3.05, 3.63) is 48.4 Å². The zero-order valence-corrected chi connectivity index (χ0v) is 12.9. The first-order chi connectivity index (χ1) is 11.3. The fourth-order valence-corrected chi connectivity index (χ4v) is 2.39. The van der Waals surface area contributed by atoms with Crippen LogP contribution in [0.3, 0.4) is 0 Å². The van der Waals surface area contributed by atoms with Crippen LogP contribution in [-0.4, -0.2) is 34.2 Å². The molecule has 118 valence electrons. The van der Waals surface area contributed by atoms with Crippen molar-refractivity contribution >= 4 is 0 Å². The molecule has 0 spiro atoms. The predicted molar refractivity (Wildman–Crippen MR) is 85.6 cm³/mol. The summed E-state index contributed by atoms with van der Waals surface area (Å²) in [6.45, 7) is 0.297. The largest absolute Gasteiger partial charge is 0.493 e. The third-order valence-electron chi connectivity index (χ3n) is 3.50. The van der Waals surface area contributed by atoms with Crippen molar-refractivity contribution in [1.82, 2.24) is 20.0 Å². The molecule has 0 amide bonds. The van der Waals surface area contributed by atoms with Crippen molar-refractivity contribution < 1.29 is 9.47 Å². The van der Waals surface area contributed by atoms with Gasteiger partial charge in [-0.1, -0.05) is 5.21 Å². The molecular weight excluding hydrogens is 294 g/mol. The monoisotopic (exact) mass is 311 g/mol. The number of hydrogen-bond acceptors (Lipinski definition) is 6. The van der Waals surface area contributed by atoms with Crippen LogP contribution in [-0.2, 0) is 6.54 Å². The fraction of sp³-hybridized carbons (Fsp3) is 0.188. The molecule has 1 aromatic carbocycles. The van der Waals surface area contributed by atoms with Gasteiger partial charge in [0.2, 0.25) is 0 Å². The number of aromatic nitrogens is 4. The van der Waals surface area contributed by atoms with Gasteiger partial charge in [-0.3, -0.25) is 4.98 Å². The lowest BCUT2D eigenvalue weighted by Gasteiger charge is -2.11. The molecule has 0 aliphatic rings. The molecule has 0 radical (unpaired) electrons. The van der Waals surface area contributed by atoms with Gasteiger partial charge in [-0.2, -0.15) is 0 Å². The van der Waals surface area contributed by atoms with E-state index in [2.05, 4.69) is 15.3 Å². The first kappa shape index (κ1) is 15.0. The molecule has 0 saturated carbocycles. The minimum absolute atomic E-state index is 0.297. The zero-order valence-electron chi connectivity index (χ0n) is 12.9. The Labute approximate surface area is 133 Å². The molecule has 7 heteroatoms. The molecule has 0 aliphatic heterocycles. The number of hydrogen-bond donors (Lipinski definition) is 1. The molecule has 2 heterocycles. The highest BCUT2D eigenvalue weighted by molar-refractivity contribution is 5.64. The highest BCUT2D eigenvalue weighted by Crippen LogP contribution is 2.31. The summed E-state index contributed by atoms with van der Waals surface area (Å²) in [5, 5.41) is 8.42. The predicted octanol–water partition coefficient (Wildman–Crippen LogP) is 1.81. The lowest BCUT2D eigenvalue weighted by Crippen LogP contribution is -2.03. The smallest absolute Gasteiger partial charge is 0.162 e. The second-order valence-electron chi connectivity index (χ2n) is 4.78. The van der Waals surface area contributed by atoms with Crippen molar-refractivity contribution in [3.63, 3.8) is 0 Å². The van der Waals surface area contributed by atoms with Gasteiger partial charge in [-0.15, -0.1) is 5.10 Å². The van der Waals surface area contributed by atoms with Gasteiger partial charge < -0.3 is 15.2 Å². The molecule has 7 nitrogen and oxygen atoms in total. The Morgan fingerprint density at radius 1 is 1.04 bits per heavy atom. The maximum absolute atomic E-state index is 5.80. The van der Waals surface area contributed by atoms with Gasteiger partial charge in [0.1, 0.15) is 5.69 Å². The number of nitrogens with zero attached hydrogens (tertiary/aromatic N) is 4. The van der Waals surface area contributed by atoms with E-state index in [0.717, 1.165) is 16.9 Å². The summed E-state index contributed by atoms with van der Waals surface area (Å²) in [6.07, 6.45) is 3.45. The van der Waals surface area contributed by atoms with Crippen LogP contribution >= 0.6 is 0 Å². The Kier molecular flexibility index (Phi) is 4.20. The van der Waals surface area contributed by atoms with Gasteiger partial charge in [0, 0.05) is 30.6 Å². The second-order valence-corrected chi connectivity index (χ2v) is 4.78. The standard InChI is InChI=1S/C16H17N5O2/c1-22-14-4-3-12(9-15(14)23-2)21-16(13(10-17)19-20-21)11-5-7-18-8-6-11/h3-9H,10,17H2,1-2H3. The highest BCUT2D eigenvalue weighted by atomic mass is 16.5. The van der Waals surface area contributed by atoms with Crippen molar-refractivity contribution in [2.75, 3.05) is 14.2 Å². The lowest BCUT2D eigenvalue weighted by molar-refractivity contribution is 0.354. The Bertz CT molecular complexity index is 801. The first-order valence-corrected chi connectivity index (χ1v) is 7.06. The van der Waals surface area contributed by atoms with Crippen molar-refractivity contribution in [2.24, 2.45) is 5.73 Å². The SMILES string of the molecule is COc1ccc(-n2nnc(CN)c2-c2ccncc2)cc1OC. The van der Waals surface area contributed by atoms with E-state index >= 15 is 0 Å². The second kappa shape index (κ2) is 6.45. The average molecular weight is 311 g/mol. The summed E-state index contributed by atoms with van der Waals surface area (Å²) >= 11 is 0. The van der Waals surface area contributed by atoms with Crippen LogP contribution in [0.1, 0.15) is 5.69 Å². The van der Waals surface area contributed by atoms with Gasteiger partial charge in [-0.05, 0) is 24.3 Å². The summed E-state index contributed by atoms with van der Waals surface area (Å²) in [6, 6.07) is 9.36. The van der Waals surface area contributed by atoms with Crippen LogP contribution < -0.4 is 15.2 Å². The molecule has 0 fully saturated rings. The number of rotatable bonds is 5. The quantitative estimate of drug-likeness (QED) is 0.773. The summed E-state index contributed by atoms with van der Waals surface area (Å²) < 4.78 is 12.4. The van der Waals surface area contributed by atoms with Crippen LogP contribution in [0.5, 0.6) is 11.5 Å². The Morgan fingerprint density at radius 3 is 2.43 bits per heavy atom. The Morgan fingerprint density at radius 2 is 1.78 bits per heavy atom. The van der Waals surface area contributed by atoms with Gasteiger partial charge in [0.25, 0.3) is 0 Å². The minimum atomic E-state index is 0.297. The highest BCUT2D eigenvalue weighted by Gasteiger charge is 2.16. The number of nitrogens with two attached hydrogens (primary N) is 1. The molecule has 0 unspecified atom stereocenters. The zero-order chi connectivity index (χ0) is 16.2. The van der Waals surface area contributed by atoms with Crippen molar-refractivity contribution in [3.8, 4) is 28.4 Å². The molecule has 0 saturated heterocycles. The number of methoxy groups -OCH3 is 2. The van der Waals surface area contributed by atoms with E-state index in [-0.39, 0.29) is 0 Å². The maximum atomic E-state index is 5.80. The van der Waals surface area contributed by atoms with Crippen LogP contribution in [0.2, 0.25) is 0 Å².